The molecule has 8 heteroatoms. The van der Waals surface area contributed by atoms with Crippen LogP contribution in [0.25, 0.3) is 0 Å². The van der Waals surface area contributed by atoms with Crippen LogP contribution in [0.15, 0.2) is 12.3 Å². The minimum absolute atomic E-state index is 0.0787. The van der Waals surface area contributed by atoms with Gasteiger partial charge in [-0.25, -0.2) is 9.78 Å². The monoisotopic (exact) mass is 434 g/mol. The molecule has 2 rings (SSSR count). The number of hydrogen-bond acceptors (Lipinski definition) is 7. The van der Waals surface area contributed by atoms with Crippen molar-refractivity contribution in [2.24, 2.45) is 17.8 Å². The summed E-state index contributed by atoms with van der Waals surface area (Å²) in [6.45, 7) is 8.90. The number of esters is 2. The van der Waals surface area contributed by atoms with E-state index in [1.165, 1.54) is 32.2 Å². The highest BCUT2D eigenvalue weighted by molar-refractivity contribution is 5.98. The molecule has 1 amide bonds. The molecule has 8 nitrogen and oxygen atoms in total. The van der Waals surface area contributed by atoms with Gasteiger partial charge < -0.3 is 19.5 Å². The molecule has 0 aliphatic heterocycles. The van der Waals surface area contributed by atoms with Gasteiger partial charge in [0.25, 0.3) is 5.91 Å². The fraction of sp³-hybridized carbons (Fsp3) is 0.652. The first kappa shape index (κ1) is 24.6. The van der Waals surface area contributed by atoms with Crippen LogP contribution in [0.5, 0.6) is 11.5 Å². The van der Waals surface area contributed by atoms with Crippen LogP contribution in [-0.4, -0.2) is 42.1 Å². The normalized spacial score (nSPS) is 17.0. The summed E-state index contributed by atoms with van der Waals surface area (Å²) in [7, 11) is 1.40. The molecule has 1 heterocycles. The van der Waals surface area contributed by atoms with Gasteiger partial charge in [0.1, 0.15) is 12.1 Å². The van der Waals surface area contributed by atoms with Crippen LogP contribution >= 0.6 is 0 Å². The van der Waals surface area contributed by atoms with Gasteiger partial charge in [-0.15, -0.1) is 0 Å². The summed E-state index contributed by atoms with van der Waals surface area (Å²) in [5, 5.41) is 2.58. The maximum Gasteiger partial charge on any atom is 0.328 e. The molecule has 0 saturated heterocycles. The highest BCUT2D eigenvalue weighted by atomic mass is 16.6. The van der Waals surface area contributed by atoms with E-state index in [0.717, 1.165) is 12.8 Å². The van der Waals surface area contributed by atoms with Gasteiger partial charge in [0.05, 0.1) is 13.0 Å². The van der Waals surface area contributed by atoms with Crippen molar-refractivity contribution in [2.75, 3.05) is 7.11 Å². The van der Waals surface area contributed by atoms with E-state index in [2.05, 4.69) is 17.2 Å². The lowest BCUT2D eigenvalue weighted by Crippen LogP contribution is -2.42. The Bertz CT molecular complexity index is 788. The molecule has 31 heavy (non-hydrogen) atoms. The van der Waals surface area contributed by atoms with Crippen molar-refractivity contribution in [2.45, 2.75) is 72.4 Å². The predicted octanol–water partition coefficient (Wildman–Crippen LogP) is 3.53. The number of ether oxygens (including phenoxy) is 3. The second-order valence-electron chi connectivity index (χ2n) is 8.51. The molecular weight excluding hydrogens is 400 g/mol. The highest BCUT2D eigenvalue weighted by Gasteiger charge is 2.30. The molecule has 1 N–H and O–H groups in total. The van der Waals surface area contributed by atoms with Crippen molar-refractivity contribution >= 4 is 17.8 Å². The van der Waals surface area contributed by atoms with Gasteiger partial charge in [-0.2, -0.15) is 0 Å². The average molecular weight is 435 g/mol. The van der Waals surface area contributed by atoms with Crippen LogP contribution in [0.3, 0.4) is 0 Å². The molecule has 172 valence electrons. The fourth-order valence-corrected chi connectivity index (χ4v) is 3.65. The summed E-state index contributed by atoms with van der Waals surface area (Å²) in [6, 6.07) is 0.594. The Labute approximate surface area is 184 Å². The molecule has 1 aromatic rings. The molecule has 1 aliphatic carbocycles. The number of rotatable bonds is 9. The summed E-state index contributed by atoms with van der Waals surface area (Å²) in [4.78, 5) is 41.4. The fourth-order valence-electron chi connectivity index (χ4n) is 3.65. The molecule has 1 fully saturated rings. The average Bonchev–Trinajstić information content (AvgIpc) is 3.27. The lowest BCUT2D eigenvalue weighted by molar-refractivity contribution is -0.153. The number of amides is 1. The Hall–Kier alpha value is -2.64. The first-order valence-electron chi connectivity index (χ1n) is 10.9. The van der Waals surface area contributed by atoms with Crippen LogP contribution < -0.4 is 14.8 Å². The molecule has 0 unspecified atom stereocenters. The van der Waals surface area contributed by atoms with Crippen LogP contribution in [-0.2, 0) is 14.3 Å². The molecule has 0 aromatic carbocycles. The highest BCUT2D eigenvalue weighted by Crippen LogP contribution is 2.34. The van der Waals surface area contributed by atoms with Gasteiger partial charge in [0, 0.05) is 12.3 Å². The van der Waals surface area contributed by atoms with E-state index in [1.54, 1.807) is 20.8 Å². The zero-order valence-electron chi connectivity index (χ0n) is 19.3. The summed E-state index contributed by atoms with van der Waals surface area (Å²) in [6.07, 6.45) is 5.89. The second kappa shape index (κ2) is 11.1. The van der Waals surface area contributed by atoms with Gasteiger partial charge in [-0.05, 0) is 25.7 Å². The largest absolute Gasteiger partial charge is 0.493 e. The Balaban J connectivity index is 2.06. The van der Waals surface area contributed by atoms with E-state index in [9.17, 15) is 14.4 Å². The molecule has 1 saturated carbocycles. The maximum absolute atomic E-state index is 12.8. The number of carbonyl (C=O) groups is 3. The lowest BCUT2D eigenvalue weighted by Gasteiger charge is -2.26. The first-order chi connectivity index (χ1) is 14.6. The summed E-state index contributed by atoms with van der Waals surface area (Å²) in [5.41, 5.74) is -0.139. The predicted molar refractivity (Wildman–Crippen MR) is 115 cm³/mol. The van der Waals surface area contributed by atoms with E-state index < -0.39 is 29.8 Å². The van der Waals surface area contributed by atoms with Crippen molar-refractivity contribution < 1.29 is 28.6 Å². The number of aromatic nitrogens is 1. The van der Waals surface area contributed by atoms with Gasteiger partial charge >= 0.3 is 11.9 Å². The van der Waals surface area contributed by atoms with Crippen molar-refractivity contribution in [3.8, 4) is 11.5 Å². The summed E-state index contributed by atoms with van der Waals surface area (Å²) in [5.74, 6) is -1.17. The molecule has 3 atom stereocenters. The molecule has 1 aliphatic rings. The maximum atomic E-state index is 12.8. The Morgan fingerprint density at radius 3 is 2.29 bits per heavy atom. The van der Waals surface area contributed by atoms with Crippen LogP contribution in [0.1, 0.15) is 70.8 Å². The number of nitrogens with zero attached hydrogens (tertiary/aromatic N) is 1. The van der Waals surface area contributed by atoms with Crippen LogP contribution in [0.4, 0.5) is 0 Å². The molecule has 0 radical (unpaired) electrons. The quantitative estimate of drug-likeness (QED) is 0.593. The standard InChI is InChI=1S/C23H34N2O6/c1-13(2)22(27)31-20-18(29-6)11-12-24-19(20)21(26)25-15(4)23(28)30-16(5)14(3)17-9-7-8-10-17/h11-17H,7-10H2,1-6H3,(H,25,26)/t14-,15-,16+/m0/s1. The van der Waals surface area contributed by atoms with Gasteiger partial charge in [0.2, 0.25) is 5.75 Å². The summed E-state index contributed by atoms with van der Waals surface area (Å²) < 4.78 is 16.2. The lowest BCUT2D eigenvalue weighted by atomic mass is 9.88. The zero-order chi connectivity index (χ0) is 23.1. The number of methoxy groups -OCH3 is 1. The zero-order valence-corrected chi connectivity index (χ0v) is 19.3. The van der Waals surface area contributed by atoms with E-state index in [-0.39, 0.29) is 29.2 Å². The van der Waals surface area contributed by atoms with Gasteiger partial charge in [-0.1, -0.05) is 46.5 Å². The number of carbonyl (C=O) groups excluding carboxylic acids is 3. The second-order valence-corrected chi connectivity index (χ2v) is 8.51. The van der Waals surface area contributed by atoms with E-state index in [1.807, 2.05) is 6.92 Å². The minimum atomic E-state index is -0.896. The van der Waals surface area contributed by atoms with Crippen LogP contribution in [0.2, 0.25) is 0 Å². The third-order valence-electron chi connectivity index (χ3n) is 5.86. The van der Waals surface area contributed by atoms with Crippen LogP contribution in [0, 0.1) is 17.8 Å². The van der Waals surface area contributed by atoms with Crippen molar-refractivity contribution in [1.82, 2.24) is 10.3 Å². The van der Waals surface area contributed by atoms with Gasteiger partial charge in [-0.3, -0.25) is 9.59 Å². The van der Waals surface area contributed by atoms with E-state index in [0.29, 0.717) is 5.92 Å². The van der Waals surface area contributed by atoms with E-state index in [4.69, 9.17) is 14.2 Å². The third-order valence-corrected chi connectivity index (χ3v) is 5.86. The Morgan fingerprint density at radius 2 is 1.71 bits per heavy atom. The van der Waals surface area contributed by atoms with Crippen molar-refractivity contribution in [1.29, 1.82) is 0 Å². The summed E-state index contributed by atoms with van der Waals surface area (Å²) >= 11 is 0. The SMILES string of the molecule is COc1ccnc(C(=O)N[C@@H](C)C(=O)O[C@H](C)[C@H](C)C2CCCC2)c1OC(=O)C(C)C. The molecule has 1 aromatic heterocycles. The number of pyridine rings is 1. The first-order valence-corrected chi connectivity index (χ1v) is 10.9. The molecule has 0 spiro atoms. The smallest absolute Gasteiger partial charge is 0.328 e. The molecule has 0 bridgehead atoms. The minimum Gasteiger partial charge on any atom is -0.493 e. The van der Waals surface area contributed by atoms with Gasteiger partial charge in [0.15, 0.2) is 11.4 Å². The Kier molecular flexibility index (Phi) is 8.83. The topological polar surface area (TPSA) is 104 Å². The third kappa shape index (κ3) is 6.42. The van der Waals surface area contributed by atoms with Crippen molar-refractivity contribution in [3.63, 3.8) is 0 Å². The van der Waals surface area contributed by atoms with Crippen molar-refractivity contribution in [3.05, 3.63) is 18.0 Å². The van der Waals surface area contributed by atoms with E-state index >= 15 is 0 Å². The number of hydrogen-bond donors (Lipinski definition) is 1. The Morgan fingerprint density at radius 1 is 1.06 bits per heavy atom. The molecular formula is C23H34N2O6. The number of nitrogens with one attached hydrogen (secondary N) is 1.